The first-order chi connectivity index (χ1) is 17.2. The van der Waals surface area contributed by atoms with Crippen LogP contribution in [-0.2, 0) is 13.0 Å². The number of methoxy groups -OCH3 is 1. The fourth-order valence-electron chi connectivity index (χ4n) is 4.77. The van der Waals surface area contributed by atoms with Crippen molar-refractivity contribution in [3.8, 4) is 5.75 Å². The van der Waals surface area contributed by atoms with Crippen LogP contribution in [0, 0.1) is 5.82 Å². The van der Waals surface area contributed by atoms with Gasteiger partial charge in [-0.05, 0) is 40.6 Å². The summed E-state index contributed by atoms with van der Waals surface area (Å²) in [5.41, 5.74) is 2.90. The molecule has 0 aliphatic carbocycles. The van der Waals surface area contributed by atoms with Gasteiger partial charge >= 0.3 is 0 Å². The average molecular weight is 473 g/mol. The number of hydrogen-bond donors (Lipinski definition) is 0. The average Bonchev–Trinajstić information content (AvgIpc) is 3.37. The monoisotopic (exact) mass is 472 g/mol. The van der Waals surface area contributed by atoms with Crippen molar-refractivity contribution >= 4 is 5.69 Å². The van der Waals surface area contributed by atoms with E-state index in [1.807, 2.05) is 53.2 Å². The van der Waals surface area contributed by atoms with Gasteiger partial charge in [0, 0.05) is 38.3 Å². The van der Waals surface area contributed by atoms with Crippen molar-refractivity contribution in [1.29, 1.82) is 0 Å². The van der Waals surface area contributed by atoms with Crippen LogP contribution in [0.4, 0.5) is 10.1 Å². The van der Waals surface area contributed by atoms with E-state index in [4.69, 9.17) is 4.74 Å². The van der Waals surface area contributed by atoms with Gasteiger partial charge in [-0.25, -0.2) is 9.07 Å². The molecule has 0 saturated carbocycles. The van der Waals surface area contributed by atoms with Gasteiger partial charge in [0.2, 0.25) is 0 Å². The fourth-order valence-corrected chi connectivity index (χ4v) is 4.77. The van der Waals surface area contributed by atoms with Crippen LogP contribution < -0.4 is 9.64 Å². The van der Waals surface area contributed by atoms with Gasteiger partial charge in [-0.1, -0.05) is 60.7 Å². The molecular formula is C27H29FN6O. The molecule has 1 aliphatic heterocycles. The SMILES string of the molecule is COc1ccccc1[C@@H](c1nnnn1CCc1ccccc1)N1CCN(c2ccccc2F)CC1. The van der Waals surface area contributed by atoms with Crippen LogP contribution >= 0.6 is 0 Å². The Labute approximate surface area is 204 Å². The molecule has 0 N–H and O–H groups in total. The lowest BCUT2D eigenvalue weighted by atomic mass is 10.0. The Morgan fingerprint density at radius 2 is 1.60 bits per heavy atom. The van der Waals surface area contributed by atoms with Crippen LogP contribution in [-0.4, -0.2) is 58.4 Å². The minimum absolute atomic E-state index is 0.181. The van der Waals surface area contributed by atoms with E-state index in [-0.39, 0.29) is 11.9 Å². The predicted molar refractivity (Wildman–Crippen MR) is 133 cm³/mol. The van der Waals surface area contributed by atoms with Crippen molar-refractivity contribution in [2.24, 2.45) is 0 Å². The molecule has 0 unspecified atom stereocenters. The van der Waals surface area contributed by atoms with E-state index in [0.717, 1.165) is 36.6 Å². The summed E-state index contributed by atoms with van der Waals surface area (Å²) in [6, 6.07) is 25.1. The molecule has 4 aromatic rings. The molecule has 3 aromatic carbocycles. The second-order valence-corrected chi connectivity index (χ2v) is 8.61. The summed E-state index contributed by atoms with van der Waals surface area (Å²) < 4.78 is 22.0. The molecule has 0 spiro atoms. The van der Waals surface area contributed by atoms with E-state index in [9.17, 15) is 4.39 Å². The lowest BCUT2D eigenvalue weighted by Crippen LogP contribution is -2.48. The Bertz CT molecular complexity index is 1240. The quantitative estimate of drug-likeness (QED) is 0.387. The van der Waals surface area contributed by atoms with Crippen molar-refractivity contribution in [3.05, 3.63) is 102 Å². The van der Waals surface area contributed by atoms with E-state index in [0.29, 0.717) is 25.3 Å². The van der Waals surface area contributed by atoms with E-state index in [1.165, 1.54) is 11.6 Å². The van der Waals surface area contributed by atoms with Gasteiger partial charge in [-0.2, -0.15) is 0 Å². The van der Waals surface area contributed by atoms with E-state index < -0.39 is 0 Å². The Kier molecular flexibility index (Phi) is 6.99. The van der Waals surface area contributed by atoms with Crippen LogP contribution in [0.2, 0.25) is 0 Å². The smallest absolute Gasteiger partial charge is 0.173 e. The van der Waals surface area contributed by atoms with Crippen molar-refractivity contribution in [2.75, 3.05) is 38.2 Å². The third kappa shape index (κ3) is 5.02. The Morgan fingerprint density at radius 1 is 0.886 bits per heavy atom. The molecule has 5 rings (SSSR count). The number of aryl methyl sites for hydroxylation is 2. The number of tetrazole rings is 1. The number of anilines is 1. The molecule has 0 radical (unpaired) electrons. The number of ether oxygens (including phenoxy) is 1. The standard InChI is InChI=1S/C27H29FN6O/c1-35-25-14-8-5-11-22(25)26(27-29-30-31-34(27)16-15-21-9-3-2-4-10-21)33-19-17-32(18-20-33)24-13-7-6-12-23(24)28/h2-14,26H,15-20H2,1H3/t26-/m0/s1. The fraction of sp³-hybridized carbons (Fsp3) is 0.296. The molecular weight excluding hydrogens is 443 g/mol. The number of aromatic nitrogens is 4. The van der Waals surface area contributed by atoms with Crippen LogP contribution in [0.1, 0.15) is 23.0 Å². The number of para-hydroxylation sites is 2. The molecule has 0 bridgehead atoms. The molecule has 1 fully saturated rings. The molecule has 7 nitrogen and oxygen atoms in total. The number of benzene rings is 3. The molecule has 1 aliphatic rings. The minimum Gasteiger partial charge on any atom is -0.496 e. The van der Waals surface area contributed by atoms with Gasteiger partial charge in [0.25, 0.3) is 0 Å². The first-order valence-electron chi connectivity index (χ1n) is 11.9. The highest BCUT2D eigenvalue weighted by atomic mass is 19.1. The lowest BCUT2D eigenvalue weighted by molar-refractivity contribution is 0.197. The minimum atomic E-state index is -0.188. The molecule has 180 valence electrons. The summed E-state index contributed by atoms with van der Waals surface area (Å²) >= 11 is 0. The zero-order valence-corrected chi connectivity index (χ0v) is 19.8. The summed E-state index contributed by atoms with van der Waals surface area (Å²) in [7, 11) is 1.68. The molecule has 2 heterocycles. The largest absolute Gasteiger partial charge is 0.496 e. The molecule has 35 heavy (non-hydrogen) atoms. The zero-order chi connectivity index (χ0) is 24.0. The third-order valence-corrected chi connectivity index (χ3v) is 6.57. The third-order valence-electron chi connectivity index (χ3n) is 6.57. The summed E-state index contributed by atoms with van der Waals surface area (Å²) in [5, 5.41) is 12.8. The maximum absolute atomic E-state index is 14.4. The number of rotatable bonds is 8. The number of hydrogen-bond acceptors (Lipinski definition) is 6. The lowest BCUT2D eigenvalue weighted by Gasteiger charge is -2.40. The van der Waals surface area contributed by atoms with Gasteiger partial charge in [0.1, 0.15) is 17.6 Å². The highest BCUT2D eigenvalue weighted by Gasteiger charge is 2.32. The van der Waals surface area contributed by atoms with Crippen molar-refractivity contribution in [3.63, 3.8) is 0 Å². The van der Waals surface area contributed by atoms with E-state index in [1.54, 1.807) is 13.2 Å². The Balaban J connectivity index is 1.42. The molecule has 1 saturated heterocycles. The maximum atomic E-state index is 14.4. The Morgan fingerprint density at radius 3 is 2.37 bits per heavy atom. The second-order valence-electron chi connectivity index (χ2n) is 8.61. The molecule has 0 amide bonds. The van der Waals surface area contributed by atoms with Crippen LogP contribution in [0.15, 0.2) is 78.9 Å². The van der Waals surface area contributed by atoms with Crippen molar-refractivity contribution in [1.82, 2.24) is 25.1 Å². The van der Waals surface area contributed by atoms with Gasteiger partial charge in [-0.3, -0.25) is 4.90 Å². The predicted octanol–water partition coefficient (Wildman–Crippen LogP) is 3.98. The van der Waals surface area contributed by atoms with Gasteiger partial charge in [0.15, 0.2) is 5.82 Å². The number of piperazine rings is 1. The molecule has 1 aromatic heterocycles. The first-order valence-corrected chi connectivity index (χ1v) is 11.9. The van der Waals surface area contributed by atoms with Crippen molar-refractivity contribution in [2.45, 2.75) is 19.0 Å². The first kappa shape index (κ1) is 23.0. The number of nitrogens with zero attached hydrogens (tertiary/aromatic N) is 6. The summed E-state index contributed by atoms with van der Waals surface area (Å²) in [5.74, 6) is 1.39. The van der Waals surface area contributed by atoms with Gasteiger partial charge in [-0.15, -0.1) is 5.10 Å². The highest BCUT2D eigenvalue weighted by molar-refractivity contribution is 5.48. The highest BCUT2D eigenvalue weighted by Crippen LogP contribution is 2.35. The topological polar surface area (TPSA) is 59.3 Å². The van der Waals surface area contributed by atoms with E-state index in [2.05, 4.69) is 43.5 Å². The van der Waals surface area contributed by atoms with Gasteiger partial charge < -0.3 is 9.64 Å². The summed E-state index contributed by atoms with van der Waals surface area (Å²) in [6.45, 7) is 3.56. The zero-order valence-electron chi connectivity index (χ0n) is 19.8. The summed E-state index contributed by atoms with van der Waals surface area (Å²) in [4.78, 5) is 4.46. The number of halogens is 1. The van der Waals surface area contributed by atoms with E-state index >= 15 is 0 Å². The second kappa shape index (κ2) is 10.7. The van der Waals surface area contributed by atoms with Crippen LogP contribution in [0.5, 0.6) is 5.75 Å². The Hall–Kier alpha value is -3.78. The van der Waals surface area contributed by atoms with Crippen LogP contribution in [0.3, 0.4) is 0 Å². The summed E-state index contributed by atoms with van der Waals surface area (Å²) in [6.07, 6.45) is 0.832. The molecule has 8 heteroatoms. The normalized spacial score (nSPS) is 15.2. The molecule has 1 atom stereocenters. The van der Waals surface area contributed by atoms with Gasteiger partial charge in [0.05, 0.1) is 12.8 Å². The maximum Gasteiger partial charge on any atom is 0.173 e. The van der Waals surface area contributed by atoms with Crippen molar-refractivity contribution < 1.29 is 9.13 Å². The van der Waals surface area contributed by atoms with Crippen LogP contribution in [0.25, 0.3) is 0 Å².